The van der Waals surface area contributed by atoms with Gasteiger partial charge in [-0.3, -0.25) is 19.5 Å². The number of sulfonamides is 1. The molecule has 0 unspecified atom stereocenters. The lowest BCUT2D eigenvalue weighted by atomic mass is 10.0. The van der Waals surface area contributed by atoms with Crippen molar-refractivity contribution in [3.05, 3.63) is 76.5 Å². The lowest BCUT2D eigenvalue weighted by Gasteiger charge is -2.34. The van der Waals surface area contributed by atoms with Gasteiger partial charge in [0.05, 0.1) is 53.7 Å². The highest BCUT2D eigenvalue weighted by Crippen LogP contribution is 2.34. The maximum Gasteiger partial charge on any atom is 0.335 e. The van der Waals surface area contributed by atoms with E-state index in [-0.39, 0.29) is 45.8 Å². The minimum Gasteiger partial charge on any atom is -0.480 e. The quantitative estimate of drug-likeness (QED) is 0.163. The number of carboxylic acid groups (broad SMARTS) is 1. The van der Waals surface area contributed by atoms with E-state index in [2.05, 4.69) is 35.1 Å². The highest BCUT2D eigenvalue weighted by molar-refractivity contribution is 7.92. The second-order valence-electron chi connectivity index (χ2n) is 11.1. The van der Waals surface area contributed by atoms with Crippen LogP contribution in [0.5, 0.6) is 5.88 Å². The molecule has 0 aliphatic carbocycles. The zero-order valence-electron chi connectivity index (χ0n) is 25.6. The van der Waals surface area contributed by atoms with Crippen molar-refractivity contribution in [2.24, 2.45) is 0 Å². The molecule has 244 valence electrons. The number of aromatic nitrogens is 4. The number of aromatic carboxylic acids is 1. The first-order valence-corrected chi connectivity index (χ1v) is 16.9. The second-order valence-corrected chi connectivity index (χ2v) is 13.7. The molecule has 4 heterocycles. The molecule has 1 fully saturated rings. The van der Waals surface area contributed by atoms with E-state index in [0.717, 1.165) is 24.2 Å². The molecule has 14 nitrogen and oxygen atoms in total. The number of ether oxygens (including phenoxy) is 2. The van der Waals surface area contributed by atoms with Gasteiger partial charge < -0.3 is 19.9 Å². The van der Waals surface area contributed by atoms with Gasteiger partial charge in [-0.1, -0.05) is 6.07 Å². The van der Waals surface area contributed by atoms with E-state index in [1.54, 1.807) is 23.7 Å². The fourth-order valence-corrected chi connectivity index (χ4v) is 7.36. The fourth-order valence-electron chi connectivity index (χ4n) is 5.45. The lowest BCUT2D eigenvalue weighted by molar-refractivity contribution is -0.0705. The van der Waals surface area contributed by atoms with Gasteiger partial charge in [-0.15, -0.1) is 11.3 Å². The Morgan fingerprint density at radius 3 is 2.62 bits per heavy atom. The zero-order chi connectivity index (χ0) is 33.3. The number of carbonyl (C=O) groups is 2. The second kappa shape index (κ2) is 13.1. The first-order valence-electron chi connectivity index (χ1n) is 14.5. The Bertz CT molecular complexity index is 2070. The van der Waals surface area contributed by atoms with E-state index >= 15 is 0 Å². The number of nitrogens with zero attached hydrogens (tertiary/aromatic N) is 4. The normalized spacial score (nSPS) is 17.0. The summed E-state index contributed by atoms with van der Waals surface area (Å²) in [6, 6.07) is 10.0. The van der Waals surface area contributed by atoms with E-state index in [9.17, 15) is 23.1 Å². The Morgan fingerprint density at radius 1 is 1.11 bits per heavy atom. The Morgan fingerprint density at radius 2 is 1.87 bits per heavy atom. The highest BCUT2D eigenvalue weighted by atomic mass is 32.2. The third-order valence-electron chi connectivity index (χ3n) is 7.46. The predicted molar refractivity (Wildman–Crippen MR) is 175 cm³/mol. The van der Waals surface area contributed by atoms with Crippen LogP contribution in [0.3, 0.4) is 0 Å². The van der Waals surface area contributed by atoms with E-state index in [1.807, 2.05) is 13.8 Å². The van der Waals surface area contributed by atoms with Gasteiger partial charge >= 0.3 is 5.97 Å². The van der Waals surface area contributed by atoms with Crippen molar-refractivity contribution in [2.45, 2.75) is 37.5 Å². The molecular weight excluding hydrogens is 647 g/mol. The summed E-state index contributed by atoms with van der Waals surface area (Å²) in [5, 5.41) is 22.5. The number of H-pyrrole nitrogens is 1. The molecule has 5 aromatic rings. The number of hydrogen-bond acceptors (Lipinski definition) is 11. The lowest BCUT2D eigenvalue weighted by Crippen LogP contribution is -2.44. The molecule has 1 aliphatic rings. The largest absolute Gasteiger partial charge is 0.480 e. The average Bonchev–Trinajstić information content (AvgIpc) is 3.70. The number of morpholine rings is 1. The van der Waals surface area contributed by atoms with Crippen LogP contribution in [0, 0.1) is 0 Å². The van der Waals surface area contributed by atoms with Crippen molar-refractivity contribution in [1.29, 1.82) is 0 Å². The minimum atomic E-state index is -4.22. The summed E-state index contributed by atoms with van der Waals surface area (Å²) in [6.45, 7) is 6.28. The van der Waals surface area contributed by atoms with Crippen LogP contribution < -0.4 is 14.8 Å². The van der Waals surface area contributed by atoms with Gasteiger partial charge in [-0.2, -0.15) is 5.10 Å². The summed E-state index contributed by atoms with van der Waals surface area (Å²) >= 11 is 1.42. The van der Waals surface area contributed by atoms with Crippen LogP contribution in [-0.2, 0) is 21.3 Å². The monoisotopic (exact) mass is 677 g/mol. The van der Waals surface area contributed by atoms with Gasteiger partial charge in [0.1, 0.15) is 16.4 Å². The van der Waals surface area contributed by atoms with Gasteiger partial charge in [0.2, 0.25) is 5.88 Å². The fraction of sp³-hybridized carbons (Fsp3) is 0.258. The summed E-state index contributed by atoms with van der Waals surface area (Å²) in [5.41, 5.74) is 2.32. The number of methoxy groups -OCH3 is 1. The van der Waals surface area contributed by atoms with Crippen LogP contribution in [0.4, 0.5) is 11.4 Å². The first-order chi connectivity index (χ1) is 22.5. The summed E-state index contributed by atoms with van der Waals surface area (Å²) < 4.78 is 40.0. The van der Waals surface area contributed by atoms with Gasteiger partial charge in [0.15, 0.2) is 0 Å². The topological polar surface area (TPSA) is 189 Å². The number of amides is 1. The Kier molecular flexibility index (Phi) is 8.92. The van der Waals surface area contributed by atoms with Crippen LogP contribution >= 0.6 is 11.3 Å². The number of aromatic amines is 1. The molecular formula is C31H31N7O7S2. The number of pyridine rings is 1. The third-order valence-corrected chi connectivity index (χ3v) is 9.66. The number of fused-ring (bicyclic) bond motifs is 1. The van der Waals surface area contributed by atoms with E-state index in [4.69, 9.17) is 9.47 Å². The molecule has 47 heavy (non-hydrogen) atoms. The van der Waals surface area contributed by atoms with E-state index in [1.165, 1.54) is 48.9 Å². The van der Waals surface area contributed by atoms with Gasteiger partial charge in [-0.05, 0) is 55.8 Å². The van der Waals surface area contributed by atoms with Crippen LogP contribution in [-0.4, -0.2) is 82.9 Å². The molecule has 0 saturated carbocycles. The van der Waals surface area contributed by atoms with Crippen LogP contribution in [0.25, 0.3) is 22.0 Å². The van der Waals surface area contributed by atoms with Crippen molar-refractivity contribution >= 4 is 55.5 Å². The molecule has 2 aromatic carbocycles. The number of nitrogens with one attached hydrogen (secondary N) is 3. The Hall–Kier alpha value is -4.90. The van der Waals surface area contributed by atoms with Crippen molar-refractivity contribution in [1.82, 2.24) is 25.1 Å². The molecule has 1 aliphatic heterocycles. The Labute approximate surface area is 273 Å². The first kappa shape index (κ1) is 32.1. The molecule has 1 amide bonds. The molecule has 6 rings (SSSR count). The highest BCUT2D eigenvalue weighted by Gasteiger charge is 2.24. The summed E-state index contributed by atoms with van der Waals surface area (Å²) in [4.78, 5) is 35.6. The number of carboxylic acids is 1. The molecule has 2 atom stereocenters. The molecule has 1 saturated heterocycles. The van der Waals surface area contributed by atoms with E-state index < -0.39 is 16.0 Å². The van der Waals surface area contributed by atoms with E-state index in [0.29, 0.717) is 34.3 Å². The number of rotatable bonds is 10. The van der Waals surface area contributed by atoms with Crippen molar-refractivity contribution < 1.29 is 32.6 Å². The minimum absolute atomic E-state index is 0.00295. The van der Waals surface area contributed by atoms with Gasteiger partial charge in [-0.25, -0.2) is 23.2 Å². The summed E-state index contributed by atoms with van der Waals surface area (Å²) in [7, 11) is -2.87. The van der Waals surface area contributed by atoms with Crippen molar-refractivity contribution in [3.8, 4) is 17.0 Å². The maximum atomic E-state index is 13.4. The average molecular weight is 678 g/mol. The molecule has 4 N–H and O–H groups in total. The summed E-state index contributed by atoms with van der Waals surface area (Å²) in [5.74, 6) is -1.64. The van der Waals surface area contributed by atoms with Crippen molar-refractivity contribution in [2.75, 3.05) is 30.2 Å². The van der Waals surface area contributed by atoms with Crippen LogP contribution in [0.1, 0.15) is 39.7 Å². The predicted octanol–water partition coefficient (Wildman–Crippen LogP) is 4.45. The standard InChI is InChI=1S/C31H31N7O7S2/c1-17-13-38(14-18(2)45-17)15-28-34-27(16-46-28)29(39)35-24-8-20(9-25-23(24)12-33-36-25)21-10-26(30(44-3)32-11-21)37-47(42,43)22-6-4-5-19(7-22)31(40)41/h4-12,16-18,37H,13-15H2,1-3H3,(H,33,36)(H,35,39)(H,40,41)/t17-,18-/m0/s1. The number of anilines is 2. The SMILES string of the molecule is COc1ncc(-c2cc(NC(=O)c3csc(CN4C[C@H](C)O[C@@H](C)C4)n3)c3cn[nH]c3c2)cc1NS(=O)(=O)c1cccc(C(=O)O)c1. The molecule has 0 spiro atoms. The van der Waals surface area contributed by atoms with Crippen LogP contribution in [0.15, 0.2) is 65.1 Å². The van der Waals surface area contributed by atoms with Crippen molar-refractivity contribution in [3.63, 3.8) is 0 Å². The maximum absolute atomic E-state index is 13.4. The smallest absolute Gasteiger partial charge is 0.335 e. The number of carbonyl (C=O) groups excluding carboxylic acids is 1. The van der Waals surface area contributed by atoms with Gasteiger partial charge in [0, 0.05) is 35.6 Å². The molecule has 3 aromatic heterocycles. The molecule has 16 heteroatoms. The van der Waals surface area contributed by atoms with Gasteiger partial charge in [0.25, 0.3) is 15.9 Å². The number of benzene rings is 2. The summed E-state index contributed by atoms with van der Waals surface area (Å²) in [6.07, 6.45) is 3.35. The number of hydrogen-bond donors (Lipinski definition) is 4. The zero-order valence-corrected chi connectivity index (χ0v) is 27.2. The molecule has 0 radical (unpaired) electrons. The third kappa shape index (κ3) is 7.10. The van der Waals surface area contributed by atoms with Crippen LogP contribution in [0.2, 0.25) is 0 Å². The number of thiazole rings is 1. The molecule has 0 bridgehead atoms. The Balaban J connectivity index is 1.26.